The average molecular weight is 202 g/mol. The lowest BCUT2D eigenvalue weighted by atomic mass is 10.1. The Morgan fingerprint density at radius 2 is 2.40 bits per heavy atom. The molecule has 0 fully saturated rings. The number of hydrogen-bond donors (Lipinski definition) is 2. The van der Waals surface area contributed by atoms with Crippen molar-refractivity contribution in [3.8, 4) is 0 Å². The van der Waals surface area contributed by atoms with E-state index in [0.717, 1.165) is 11.1 Å². The lowest BCUT2D eigenvalue weighted by Crippen LogP contribution is -1.97. The zero-order chi connectivity index (χ0) is 10.8. The molecule has 0 atom stereocenters. The first-order valence-corrected chi connectivity index (χ1v) is 4.54. The largest absolute Gasteiger partial charge is 0.475 e. The molecule has 0 saturated heterocycles. The van der Waals surface area contributed by atoms with Crippen molar-refractivity contribution >= 4 is 17.0 Å². The van der Waals surface area contributed by atoms with Gasteiger partial charge in [0.05, 0.1) is 11.0 Å². The molecular formula is C11H10N2O2. The number of aromatic nitrogens is 2. The lowest BCUT2D eigenvalue weighted by Gasteiger charge is -1.96. The van der Waals surface area contributed by atoms with Crippen LogP contribution in [0.25, 0.3) is 11.0 Å². The molecule has 0 saturated carbocycles. The predicted molar refractivity (Wildman–Crippen MR) is 57.0 cm³/mol. The van der Waals surface area contributed by atoms with Crippen LogP contribution in [-0.2, 0) is 6.42 Å². The molecule has 0 bridgehead atoms. The fraction of sp³-hybridized carbons (Fsp3) is 0.0909. The highest BCUT2D eigenvalue weighted by Gasteiger charge is 2.10. The summed E-state index contributed by atoms with van der Waals surface area (Å²) in [4.78, 5) is 17.5. The monoisotopic (exact) mass is 202 g/mol. The molecule has 0 aliphatic carbocycles. The Bertz CT molecular complexity index is 528. The third-order valence-electron chi connectivity index (χ3n) is 2.16. The van der Waals surface area contributed by atoms with Crippen LogP contribution in [0.2, 0.25) is 0 Å². The van der Waals surface area contributed by atoms with Crippen molar-refractivity contribution in [3.05, 3.63) is 42.2 Å². The first-order valence-electron chi connectivity index (χ1n) is 4.54. The number of carboxylic acid groups (broad SMARTS) is 1. The highest BCUT2D eigenvalue weighted by molar-refractivity contribution is 5.90. The van der Waals surface area contributed by atoms with Crippen molar-refractivity contribution in [3.63, 3.8) is 0 Å². The highest BCUT2D eigenvalue weighted by Crippen LogP contribution is 2.17. The number of fused-ring (bicyclic) bond motifs is 1. The minimum absolute atomic E-state index is 0.0264. The summed E-state index contributed by atoms with van der Waals surface area (Å²) < 4.78 is 0. The third-order valence-corrected chi connectivity index (χ3v) is 2.16. The van der Waals surface area contributed by atoms with E-state index in [-0.39, 0.29) is 5.82 Å². The van der Waals surface area contributed by atoms with Gasteiger partial charge in [-0.3, -0.25) is 0 Å². The second-order valence-corrected chi connectivity index (χ2v) is 3.20. The molecule has 0 aliphatic rings. The highest BCUT2D eigenvalue weighted by atomic mass is 16.4. The molecule has 0 spiro atoms. The first-order chi connectivity index (χ1) is 7.22. The van der Waals surface area contributed by atoms with Crippen LogP contribution in [0.3, 0.4) is 0 Å². The van der Waals surface area contributed by atoms with Gasteiger partial charge in [0.1, 0.15) is 0 Å². The number of benzene rings is 1. The van der Waals surface area contributed by atoms with Crippen molar-refractivity contribution in [2.24, 2.45) is 0 Å². The van der Waals surface area contributed by atoms with E-state index >= 15 is 0 Å². The zero-order valence-corrected chi connectivity index (χ0v) is 8.03. The number of nitrogens with one attached hydrogen (secondary N) is 1. The van der Waals surface area contributed by atoms with E-state index in [2.05, 4.69) is 16.5 Å². The second-order valence-electron chi connectivity index (χ2n) is 3.20. The maximum Gasteiger partial charge on any atom is 0.371 e. The fourth-order valence-corrected chi connectivity index (χ4v) is 1.51. The summed E-state index contributed by atoms with van der Waals surface area (Å²) in [5.74, 6) is -1.07. The molecule has 2 aromatic rings. The number of H-pyrrole nitrogens is 1. The third kappa shape index (κ3) is 1.61. The lowest BCUT2D eigenvalue weighted by molar-refractivity contribution is 0.0685. The van der Waals surface area contributed by atoms with Crippen molar-refractivity contribution in [2.45, 2.75) is 6.42 Å². The van der Waals surface area contributed by atoms with Gasteiger partial charge in [0.2, 0.25) is 5.82 Å². The van der Waals surface area contributed by atoms with Gasteiger partial charge in [-0.25, -0.2) is 9.78 Å². The van der Waals surface area contributed by atoms with E-state index < -0.39 is 5.97 Å². The van der Waals surface area contributed by atoms with Gasteiger partial charge in [0.15, 0.2) is 0 Å². The number of hydrogen-bond acceptors (Lipinski definition) is 2. The van der Waals surface area contributed by atoms with Crippen molar-refractivity contribution < 1.29 is 9.90 Å². The van der Waals surface area contributed by atoms with Gasteiger partial charge >= 0.3 is 5.97 Å². The van der Waals surface area contributed by atoms with E-state index in [9.17, 15) is 4.79 Å². The number of imidazole rings is 1. The molecule has 1 heterocycles. The molecule has 0 aliphatic heterocycles. The second kappa shape index (κ2) is 3.57. The van der Waals surface area contributed by atoms with Crippen molar-refractivity contribution in [2.75, 3.05) is 0 Å². The van der Waals surface area contributed by atoms with Crippen LogP contribution in [0.4, 0.5) is 0 Å². The molecule has 2 N–H and O–H groups in total. The van der Waals surface area contributed by atoms with E-state index in [0.29, 0.717) is 11.9 Å². The molecule has 15 heavy (non-hydrogen) atoms. The summed E-state index contributed by atoms with van der Waals surface area (Å²) >= 11 is 0. The smallest absolute Gasteiger partial charge is 0.371 e. The quantitative estimate of drug-likeness (QED) is 0.748. The van der Waals surface area contributed by atoms with Crippen LogP contribution in [-0.4, -0.2) is 21.0 Å². The Labute approximate surface area is 86.3 Å². The Morgan fingerprint density at radius 3 is 3.07 bits per heavy atom. The maximum absolute atomic E-state index is 10.7. The number of carboxylic acids is 1. The van der Waals surface area contributed by atoms with Gasteiger partial charge in [-0.05, 0) is 18.1 Å². The summed E-state index contributed by atoms with van der Waals surface area (Å²) in [6.45, 7) is 3.65. The maximum atomic E-state index is 10.7. The van der Waals surface area contributed by atoms with Gasteiger partial charge in [0.25, 0.3) is 0 Å². The standard InChI is InChI=1S/C11H10N2O2/c1-2-4-7-5-3-6-8-9(7)13-10(12-8)11(14)15/h2-3,5-6H,1,4H2,(H,12,13)(H,14,15). The van der Waals surface area contributed by atoms with E-state index in [1.165, 1.54) is 0 Å². The summed E-state index contributed by atoms with van der Waals surface area (Å²) in [6.07, 6.45) is 2.45. The van der Waals surface area contributed by atoms with Crippen molar-refractivity contribution in [1.29, 1.82) is 0 Å². The van der Waals surface area contributed by atoms with Crippen LogP contribution in [0.1, 0.15) is 16.2 Å². The van der Waals surface area contributed by atoms with Crippen molar-refractivity contribution in [1.82, 2.24) is 9.97 Å². The van der Waals surface area contributed by atoms with Gasteiger partial charge < -0.3 is 10.1 Å². The van der Waals surface area contributed by atoms with E-state index in [1.54, 1.807) is 12.1 Å². The first kappa shape index (κ1) is 9.45. The Balaban J connectivity index is 2.63. The number of allylic oxidation sites excluding steroid dienone is 1. The van der Waals surface area contributed by atoms with Crippen LogP contribution in [0.5, 0.6) is 0 Å². The molecule has 1 aromatic carbocycles. The average Bonchev–Trinajstić information content (AvgIpc) is 2.63. The topological polar surface area (TPSA) is 66.0 Å². The molecule has 0 amide bonds. The minimum atomic E-state index is -1.05. The number of carbonyl (C=O) groups is 1. The number of rotatable bonds is 3. The van der Waals surface area contributed by atoms with Crippen LogP contribution in [0, 0.1) is 0 Å². The van der Waals surface area contributed by atoms with Gasteiger partial charge in [0, 0.05) is 0 Å². The molecule has 0 radical (unpaired) electrons. The Kier molecular flexibility index (Phi) is 2.25. The number of para-hydroxylation sites is 1. The van der Waals surface area contributed by atoms with Crippen LogP contribution < -0.4 is 0 Å². The van der Waals surface area contributed by atoms with Gasteiger partial charge in [-0.15, -0.1) is 6.58 Å². The molecule has 76 valence electrons. The summed E-state index contributed by atoms with van der Waals surface area (Å²) in [6, 6.07) is 5.59. The summed E-state index contributed by atoms with van der Waals surface area (Å²) in [5.41, 5.74) is 2.42. The van der Waals surface area contributed by atoms with E-state index in [4.69, 9.17) is 5.11 Å². The fourth-order valence-electron chi connectivity index (χ4n) is 1.51. The van der Waals surface area contributed by atoms with Gasteiger partial charge in [-0.1, -0.05) is 18.2 Å². The van der Waals surface area contributed by atoms with Crippen LogP contribution >= 0.6 is 0 Å². The predicted octanol–water partition coefficient (Wildman–Crippen LogP) is 1.99. The molecule has 0 unspecified atom stereocenters. The van der Waals surface area contributed by atoms with E-state index in [1.807, 2.05) is 12.1 Å². The molecule has 2 rings (SSSR count). The summed E-state index contributed by atoms with van der Waals surface area (Å²) in [5, 5.41) is 8.79. The molecule has 4 heteroatoms. The molecule has 1 aromatic heterocycles. The summed E-state index contributed by atoms with van der Waals surface area (Å²) in [7, 11) is 0. The number of nitrogens with zero attached hydrogens (tertiary/aromatic N) is 1. The van der Waals surface area contributed by atoms with Gasteiger partial charge in [-0.2, -0.15) is 0 Å². The Hall–Kier alpha value is -2.10. The molecule has 4 nitrogen and oxygen atoms in total. The molecular weight excluding hydrogens is 192 g/mol. The minimum Gasteiger partial charge on any atom is -0.475 e. The normalized spacial score (nSPS) is 10.4. The van der Waals surface area contributed by atoms with Crippen LogP contribution in [0.15, 0.2) is 30.9 Å². The Morgan fingerprint density at radius 1 is 1.60 bits per heavy atom. The zero-order valence-electron chi connectivity index (χ0n) is 8.03. The number of aromatic amines is 1. The SMILES string of the molecule is C=CCc1cccc2[nH]c(C(=O)O)nc12. The number of aromatic carboxylic acids is 1.